The largest absolute Gasteiger partial charge is 0.488 e. The van der Waals surface area contributed by atoms with Crippen LogP contribution < -0.4 is 10.8 Å². The maximum absolute atomic E-state index is 10.6. The predicted molar refractivity (Wildman–Crippen MR) is 65.1 cm³/mol. The van der Waals surface area contributed by atoms with Crippen LogP contribution in [-0.2, 0) is 11.3 Å². The molecule has 0 aliphatic heterocycles. The van der Waals surface area contributed by atoms with Crippen molar-refractivity contribution < 1.29 is 14.8 Å². The van der Waals surface area contributed by atoms with E-state index in [2.05, 4.69) is 5.32 Å². The highest BCUT2D eigenvalue weighted by Crippen LogP contribution is 1.96. The topological polar surface area (TPSA) is 69.6 Å². The van der Waals surface area contributed by atoms with Crippen molar-refractivity contribution in [3.05, 3.63) is 29.8 Å². The third-order valence-corrected chi connectivity index (χ3v) is 1.82. The molecular weight excluding hydrogens is 205 g/mol. The lowest BCUT2D eigenvalue weighted by Gasteiger charge is -2.03. The standard InChI is InChI=1S/C9H12BNO3.C2H6/c1-7(12)11-6-8-2-4-9(5-3-8)10(13)14;1-2/h2-5,13-14H,6H2,1H3,(H,11,12);1-2H3. The van der Waals surface area contributed by atoms with Gasteiger partial charge in [-0.15, -0.1) is 0 Å². The van der Waals surface area contributed by atoms with Gasteiger partial charge in [-0.25, -0.2) is 0 Å². The van der Waals surface area contributed by atoms with Gasteiger partial charge in [0.05, 0.1) is 0 Å². The molecule has 0 unspecified atom stereocenters. The molecule has 0 radical (unpaired) electrons. The van der Waals surface area contributed by atoms with Crippen LogP contribution in [0.5, 0.6) is 0 Å². The first-order chi connectivity index (χ1) is 7.59. The minimum absolute atomic E-state index is 0.0868. The summed E-state index contributed by atoms with van der Waals surface area (Å²) < 4.78 is 0. The normalized spacial score (nSPS) is 8.81. The quantitative estimate of drug-likeness (QED) is 0.633. The van der Waals surface area contributed by atoms with Crippen LogP contribution in [0.2, 0.25) is 0 Å². The molecule has 5 heteroatoms. The van der Waals surface area contributed by atoms with Crippen molar-refractivity contribution in [3.8, 4) is 0 Å². The third-order valence-electron chi connectivity index (χ3n) is 1.82. The molecule has 1 amide bonds. The van der Waals surface area contributed by atoms with Crippen LogP contribution in [0.3, 0.4) is 0 Å². The predicted octanol–water partition coefficient (Wildman–Crippen LogP) is 0.0287. The molecule has 16 heavy (non-hydrogen) atoms. The van der Waals surface area contributed by atoms with Gasteiger partial charge >= 0.3 is 7.12 Å². The Labute approximate surface area is 96.5 Å². The smallest absolute Gasteiger partial charge is 0.423 e. The minimum atomic E-state index is -1.44. The van der Waals surface area contributed by atoms with E-state index in [9.17, 15) is 4.79 Å². The SMILES string of the molecule is CC.CC(=O)NCc1ccc(B(O)O)cc1. The molecule has 0 saturated carbocycles. The van der Waals surface area contributed by atoms with Gasteiger partial charge in [0.1, 0.15) is 0 Å². The lowest BCUT2D eigenvalue weighted by molar-refractivity contribution is -0.119. The number of hydrogen-bond donors (Lipinski definition) is 3. The zero-order valence-corrected chi connectivity index (χ0v) is 9.90. The van der Waals surface area contributed by atoms with Gasteiger partial charge in [-0.3, -0.25) is 4.79 Å². The second-order valence-electron chi connectivity index (χ2n) is 3.02. The number of carbonyl (C=O) groups excluding carboxylic acids is 1. The fourth-order valence-electron chi connectivity index (χ4n) is 1.03. The van der Waals surface area contributed by atoms with Gasteiger partial charge in [-0.05, 0) is 11.0 Å². The molecule has 0 aliphatic carbocycles. The number of hydrogen-bond acceptors (Lipinski definition) is 3. The highest BCUT2D eigenvalue weighted by molar-refractivity contribution is 6.58. The Bertz CT molecular complexity index is 312. The van der Waals surface area contributed by atoms with Crippen LogP contribution in [0.1, 0.15) is 26.3 Å². The van der Waals surface area contributed by atoms with Gasteiger partial charge in [0.25, 0.3) is 0 Å². The molecule has 0 bridgehead atoms. The van der Waals surface area contributed by atoms with E-state index in [-0.39, 0.29) is 5.91 Å². The second-order valence-corrected chi connectivity index (χ2v) is 3.02. The molecule has 1 rings (SSSR count). The lowest BCUT2D eigenvalue weighted by Crippen LogP contribution is -2.29. The molecule has 0 aliphatic rings. The molecule has 0 atom stereocenters. The van der Waals surface area contributed by atoms with E-state index >= 15 is 0 Å². The summed E-state index contributed by atoms with van der Waals surface area (Å²) in [6.07, 6.45) is 0. The van der Waals surface area contributed by atoms with E-state index in [0.29, 0.717) is 12.0 Å². The molecule has 0 fully saturated rings. The molecule has 0 heterocycles. The second kappa shape index (κ2) is 7.90. The highest BCUT2D eigenvalue weighted by Gasteiger charge is 2.09. The molecule has 0 saturated heterocycles. The Balaban J connectivity index is 0.00000106. The van der Waals surface area contributed by atoms with Crippen LogP contribution in [0.4, 0.5) is 0 Å². The van der Waals surface area contributed by atoms with E-state index in [0.717, 1.165) is 5.56 Å². The summed E-state index contributed by atoms with van der Waals surface area (Å²) in [5.74, 6) is -0.0868. The fraction of sp³-hybridized carbons (Fsp3) is 0.364. The Morgan fingerprint density at radius 2 is 1.75 bits per heavy atom. The third kappa shape index (κ3) is 5.53. The Hall–Kier alpha value is -1.33. The molecule has 4 nitrogen and oxygen atoms in total. The first kappa shape index (κ1) is 14.7. The first-order valence-corrected chi connectivity index (χ1v) is 5.29. The van der Waals surface area contributed by atoms with Gasteiger partial charge in [0.2, 0.25) is 5.91 Å². The van der Waals surface area contributed by atoms with Crippen LogP contribution >= 0.6 is 0 Å². The average Bonchev–Trinajstić information content (AvgIpc) is 2.29. The van der Waals surface area contributed by atoms with Gasteiger partial charge < -0.3 is 15.4 Å². The van der Waals surface area contributed by atoms with E-state index < -0.39 is 7.12 Å². The monoisotopic (exact) mass is 223 g/mol. The summed E-state index contributed by atoms with van der Waals surface area (Å²) in [5, 5.41) is 20.3. The van der Waals surface area contributed by atoms with Crippen molar-refractivity contribution >= 4 is 18.5 Å². The number of rotatable bonds is 3. The number of benzene rings is 1. The maximum atomic E-state index is 10.6. The number of amides is 1. The zero-order valence-electron chi connectivity index (χ0n) is 9.90. The zero-order chi connectivity index (χ0) is 12.6. The summed E-state index contributed by atoms with van der Waals surface area (Å²) in [7, 11) is -1.44. The Morgan fingerprint density at radius 1 is 1.25 bits per heavy atom. The summed E-state index contributed by atoms with van der Waals surface area (Å²) in [4.78, 5) is 10.6. The molecule has 3 N–H and O–H groups in total. The average molecular weight is 223 g/mol. The van der Waals surface area contributed by atoms with Crippen molar-refractivity contribution in [2.24, 2.45) is 0 Å². The van der Waals surface area contributed by atoms with Gasteiger partial charge in [-0.2, -0.15) is 0 Å². The van der Waals surface area contributed by atoms with Gasteiger partial charge in [0, 0.05) is 13.5 Å². The van der Waals surface area contributed by atoms with E-state index in [1.54, 1.807) is 24.3 Å². The van der Waals surface area contributed by atoms with Crippen LogP contribution in [0, 0.1) is 0 Å². The molecular formula is C11H18BNO3. The Kier molecular flexibility index (Phi) is 7.25. The van der Waals surface area contributed by atoms with Gasteiger partial charge in [-0.1, -0.05) is 38.1 Å². The maximum Gasteiger partial charge on any atom is 0.488 e. The number of carbonyl (C=O) groups is 1. The number of nitrogens with one attached hydrogen (secondary N) is 1. The first-order valence-electron chi connectivity index (χ1n) is 5.29. The molecule has 0 spiro atoms. The van der Waals surface area contributed by atoms with Crippen molar-refractivity contribution in [2.75, 3.05) is 0 Å². The highest BCUT2D eigenvalue weighted by atomic mass is 16.4. The minimum Gasteiger partial charge on any atom is -0.423 e. The van der Waals surface area contributed by atoms with Crippen molar-refractivity contribution in [1.29, 1.82) is 0 Å². The van der Waals surface area contributed by atoms with Crippen LogP contribution in [0.15, 0.2) is 24.3 Å². The van der Waals surface area contributed by atoms with E-state index in [1.807, 2.05) is 13.8 Å². The molecule has 1 aromatic carbocycles. The van der Waals surface area contributed by atoms with Gasteiger partial charge in [0.15, 0.2) is 0 Å². The van der Waals surface area contributed by atoms with Crippen LogP contribution in [0.25, 0.3) is 0 Å². The Morgan fingerprint density at radius 3 is 2.12 bits per heavy atom. The van der Waals surface area contributed by atoms with Crippen LogP contribution in [-0.4, -0.2) is 23.1 Å². The summed E-state index contributed by atoms with van der Waals surface area (Å²) >= 11 is 0. The van der Waals surface area contributed by atoms with E-state index in [1.165, 1.54) is 6.92 Å². The fourth-order valence-corrected chi connectivity index (χ4v) is 1.03. The summed E-state index contributed by atoms with van der Waals surface area (Å²) in [6.45, 7) is 5.91. The van der Waals surface area contributed by atoms with E-state index in [4.69, 9.17) is 10.0 Å². The molecule has 1 aromatic rings. The molecule has 0 aromatic heterocycles. The summed E-state index contributed by atoms with van der Waals surface area (Å²) in [6, 6.07) is 6.71. The van der Waals surface area contributed by atoms with Crippen molar-refractivity contribution in [3.63, 3.8) is 0 Å². The molecule has 88 valence electrons. The van der Waals surface area contributed by atoms with Crippen molar-refractivity contribution in [1.82, 2.24) is 5.32 Å². The van der Waals surface area contributed by atoms with Crippen molar-refractivity contribution in [2.45, 2.75) is 27.3 Å². The summed E-state index contributed by atoms with van der Waals surface area (Å²) in [5.41, 5.74) is 1.36. The lowest BCUT2D eigenvalue weighted by atomic mass is 9.80.